The molecule has 0 spiro atoms. The number of rotatable bonds is 12. The monoisotopic (exact) mass is 695 g/mol. The minimum absolute atomic E-state index is 0.0259. The van der Waals surface area contributed by atoms with Crippen LogP contribution in [0.3, 0.4) is 0 Å². The molecule has 0 amide bonds. The maximum Gasteiger partial charge on any atom is 0.246 e. The van der Waals surface area contributed by atoms with Crippen LogP contribution in [-0.2, 0) is 10.0 Å². The Morgan fingerprint density at radius 1 is 1.14 bits per heavy atom. The van der Waals surface area contributed by atoms with Crippen molar-refractivity contribution in [1.82, 2.24) is 19.7 Å². The first-order chi connectivity index (χ1) is 20.2. The molecular formula is C28H35BrFN5O6SSi. The van der Waals surface area contributed by atoms with Gasteiger partial charge in [0.2, 0.25) is 21.8 Å². The molecule has 0 aliphatic carbocycles. The molecule has 232 valence electrons. The average Bonchev–Trinajstić information content (AvgIpc) is 3.57. The van der Waals surface area contributed by atoms with Crippen molar-refractivity contribution in [3.63, 3.8) is 0 Å². The van der Waals surface area contributed by atoms with Gasteiger partial charge >= 0.3 is 0 Å². The van der Waals surface area contributed by atoms with Crippen molar-refractivity contribution in [2.45, 2.75) is 50.9 Å². The fourth-order valence-electron chi connectivity index (χ4n) is 4.42. The normalized spacial score (nSPS) is 13.5. The van der Waals surface area contributed by atoms with Gasteiger partial charge in [-0.15, -0.1) is 10.2 Å². The largest absolute Gasteiger partial charge is 0.494 e. The lowest BCUT2D eigenvalue weighted by Crippen LogP contribution is -2.44. The Morgan fingerprint density at radius 2 is 1.79 bits per heavy atom. The number of furan rings is 1. The van der Waals surface area contributed by atoms with E-state index in [2.05, 4.69) is 50.8 Å². The maximum absolute atomic E-state index is 14.8. The van der Waals surface area contributed by atoms with Gasteiger partial charge in [0.15, 0.2) is 5.76 Å². The first-order valence-corrected chi connectivity index (χ1v) is 19.4. The average molecular weight is 697 g/mol. The predicted octanol–water partition coefficient (Wildman–Crippen LogP) is 5.75. The molecule has 0 saturated heterocycles. The maximum atomic E-state index is 14.8. The highest BCUT2D eigenvalue weighted by atomic mass is 79.9. The zero-order chi connectivity index (χ0) is 31.7. The van der Waals surface area contributed by atoms with E-state index in [1.165, 1.54) is 31.9 Å². The molecule has 3 heterocycles. The molecule has 1 N–H and O–H groups in total. The number of para-hydroxylation sites is 1. The summed E-state index contributed by atoms with van der Waals surface area (Å²) >= 11 is 3.14. The molecule has 4 aromatic rings. The summed E-state index contributed by atoms with van der Waals surface area (Å²) in [6.07, 6.45) is -0.483. The second kappa shape index (κ2) is 12.8. The third kappa shape index (κ3) is 6.79. The predicted molar refractivity (Wildman–Crippen MR) is 168 cm³/mol. The second-order valence-corrected chi connectivity index (χ2v) is 19.9. The molecule has 11 nitrogen and oxygen atoms in total. The standard InChI is InChI=1S/C28H35BrFN5O6SSi/c1-17-11-12-23(41-17)27-32-33-28(35(27)25-21(39-3)9-8-10-22(25)40-4)34(13-14-43(5,6)7)42(37,38)18(2)26(36)24-20(30)15-19(29)16-31-24/h8-12,15-16,18,26,36H,13-14H2,1-7H3. The number of nitrogens with zero attached hydrogens (tertiary/aromatic N) is 5. The third-order valence-corrected chi connectivity index (χ3v) is 11.2. The summed E-state index contributed by atoms with van der Waals surface area (Å²) in [6, 6.07) is 10.3. The zero-order valence-electron chi connectivity index (χ0n) is 25.0. The molecule has 43 heavy (non-hydrogen) atoms. The van der Waals surface area contributed by atoms with Crippen LogP contribution in [0.25, 0.3) is 17.3 Å². The van der Waals surface area contributed by atoms with Crippen molar-refractivity contribution in [2.75, 3.05) is 25.1 Å². The van der Waals surface area contributed by atoms with Crippen LogP contribution in [0.2, 0.25) is 25.7 Å². The fraction of sp³-hybridized carbons (Fsp3) is 0.393. The second-order valence-electron chi connectivity index (χ2n) is 11.2. The Balaban J connectivity index is 1.97. The van der Waals surface area contributed by atoms with E-state index in [0.29, 0.717) is 39.2 Å². The lowest BCUT2D eigenvalue weighted by Gasteiger charge is -2.31. The number of aliphatic hydroxyl groups is 1. The van der Waals surface area contributed by atoms with E-state index < -0.39 is 35.3 Å². The number of aryl methyl sites for hydroxylation is 1. The van der Waals surface area contributed by atoms with Crippen molar-refractivity contribution < 1.29 is 31.8 Å². The van der Waals surface area contributed by atoms with Gasteiger partial charge in [-0.05, 0) is 66.2 Å². The van der Waals surface area contributed by atoms with Crippen molar-refractivity contribution in [3.05, 3.63) is 64.3 Å². The van der Waals surface area contributed by atoms with Crippen LogP contribution in [0.15, 0.2) is 51.5 Å². The summed E-state index contributed by atoms with van der Waals surface area (Å²) in [4.78, 5) is 3.96. The molecule has 3 aromatic heterocycles. The number of sulfonamides is 1. The van der Waals surface area contributed by atoms with Gasteiger partial charge in [0, 0.05) is 25.3 Å². The van der Waals surface area contributed by atoms with Gasteiger partial charge in [0.1, 0.15) is 45.8 Å². The lowest BCUT2D eigenvalue weighted by atomic mass is 10.2. The number of halogens is 2. The summed E-state index contributed by atoms with van der Waals surface area (Å²) in [5.74, 6) is 0.961. The minimum atomic E-state index is -4.43. The first-order valence-electron chi connectivity index (χ1n) is 13.4. The van der Waals surface area contributed by atoms with Crippen LogP contribution in [0.1, 0.15) is 24.5 Å². The zero-order valence-corrected chi connectivity index (χ0v) is 28.4. The van der Waals surface area contributed by atoms with Gasteiger partial charge < -0.3 is 19.0 Å². The van der Waals surface area contributed by atoms with Crippen LogP contribution in [0, 0.1) is 12.7 Å². The molecule has 0 aliphatic rings. The summed E-state index contributed by atoms with van der Waals surface area (Å²) in [7, 11) is -3.30. The molecule has 2 unspecified atom stereocenters. The topological polar surface area (TPSA) is 133 Å². The number of aromatic nitrogens is 4. The Kier molecular flexibility index (Phi) is 9.68. The summed E-state index contributed by atoms with van der Waals surface area (Å²) in [5.41, 5.74) is -0.0392. The van der Waals surface area contributed by atoms with E-state index in [9.17, 15) is 17.9 Å². The summed E-state index contributed by atoms with van der Waals surface area (Å²) in [6.45, 7) is 9.45. The van der Waals surface area contributed by atoms with Crippen LogP contribution in [-0.4, -0.2) is 67.4 Å². The number of hydrogen-bond acceptors (Lipinski definition) is 9. The summed E-state index contributed by atoms with van der Waals surface area (Å²) in [5, 5.41) is 18.4. The van der Waals surface area contributed by atoms with Gasteiger partial charge in [0.25, 0.3) is 0 Å². The van der Waals surface area contributed by atoms with Gasteiger partial charge in [-0.1, -0.05) is 25.7 Å². The van der Waals surface area contributed by atoms with Crippen molar-refractivity contribution in [2.24, 2.45) is 0 Å². The van der Waals surface area contributed by atoms with Crippen LogP contribution in [0.4, 0.5) is 10.3 Å². The van der Waals surface area contributed by atoms with E-state index in [1.807, 2.05) is 0 Å². The van der Waals surface area contributed by atoms with Crippen molar-refractivity contribution in [1.29, 1.82) is 0 Å². The van der Waals surface area contributed by atoms with Crippen molar-refractivity contribution >= 4 is 40.0 Å². The first kappa shape index (κ1) is 32.6. The number of ether oxygens (including phenoxy) is 2. The van der Waals surface area contributed by atoms with Gasteiger partial charge in [0.05, 0.1) is 14.2 Å². The minimum Gasteiger partial charge on any atom is -0.494 e. The van der Waals surface area contributed by atoms with E-state index in [4.69, 9.17) is 13.9 Å². The molecule has 0 fully saturated rings. The quantitative estimate of drug-likeness (QED) is 0.184. The smallest absolute Gasteiger partial charge is 0.246 e. The molecule has 0 radical (unpaired) electrons. The molecule has 1 aromatic carbocycles. The van der Waals surface area contributed by atoms with Crippen LogP contribution >= 0.6 is 15.9 Å². The highest BCUT2D eigenvalue weighted by molar-refractivity contribution is 9.10. The highest BCUT2D eigenvalue weighted by Gasteiger charge is 2.40. The number of benzene rings is 1. The highest BCUT2D eigenvalue weighted by Crippen LogP contribution is 2.40. The van der Waals surface area contributed by atoms with Gasteiger partial charge in [-0.3, -0.25) is 9.55 Å². The van der Waals surface area contributed by atoms with Gasteiger partial charge in [-0.25, -0.2) is 17.1 Å². The third-order valence-electron chi connectivity index (χ3n) is 6.86. The van der Waals surface area contributed by atoms with Gasteiger partial charge in [-0.2, -0.15) is 0 Å². The molecular weight excluding hydrogens is 661 g/mol. The van der Waals surface area contributed by atoms with E-state index >= 15 is 0 Å². The summed E-state index contributed by atoms with van der Waals surface area (Å²) < 4.78 is 63.9. The number of hydrogen-bond donors (Lipinski definition) is 1. The van der Waals surface area contributed by atoms with E-state index in [1.54, 1.807) is 37.3 Å². The van der Waals surface area contributed by atoms with E-state index in [-0.39, 0.29) is 24.0 Å². The SMILES string of the molecule is COc1cccc(OC)c1-n1c(-c2ccc(C)o2)nnc1N(CC[Si](C)(C)C)S(=O)(=O)C(C)C(O)c1ncc(Br)cc1F. The van der Waals surface area contributed by atoms with E-state index in [0.717, 1.165) is 10.4 Å². The number of methoxy groups -OCH3 is 2. The number of pyridine rings is 1. The Hall–Kier alpha value is -3.27. The molecule has 0 bridgehead atoms. The Labute approximate surface area is 259 Å². The Morgan fingerprint density at radius 3 is 2.33 bits per heavy atom. The number of anilines is 1. The van der Waals surface area contributed by atoms with Crippen LogP contribution in [0.5, 0.6) is 11.5 Å². The molecule has 0 saturated carbocycles. The molecule has 4 rings (SSSR count). The lowest BCUT2D eigenvalue weighted by molar-refractivity contribution is 0.166. The van der Waals surface area contributed by atoms with Crippen molar-refractivity contribution in [3.8, 4) is 28.8 Å². The fourth-order valence-corrected chi connectivity index (χ4v) is 7.32. The number of aliphatic hydroxyl groups excluding tert-OH is 1. The molecule has 2 atom stereocenters. The van der Waals surface area contributed by atoms with Crippen LogP contribution < -0.4 is 13.8 Å². The molecule has 0 aliphatic heterocycles. The Bertz CT molecular complexity index is 1690. The molecule has 15 heteroatoms.